The highest BCUT2D eigenvalue weighted by molar-refractivity contribution is 4.98. The first kappa shape index (κ1) is 12.5. The molecule has 1 aliphatic rings. The second-order valence-corrected chi connectivity index (χ2v) is 4.67. The molecule has 17 heavy (non-hydrogen) atoms. The molecule has 0 bridgehead atoms. The van der Waals surface area contributed by atoms with Gasteiger partial charge in [-0.2, -0.15) is 4.98 Å². The summed E-state index contributed by atoms with van der Waals surface area (Å²) in [4.78, 5) is 4.46. The van der Waals surface area contributed by atoms with Gasteiger partial charge in [-0.05, 0) is 31.7 Å². The van der Waals surface area contributed by atoms with Crippen molar-refractivity contribution in [2.45, 2.75) is 45.3 Å². The van der Waals surface area contributed by atoms with Crippen LogP contribution in [0.1, 0.15) is 57.0 Å². The average molecular weight is 239 g/mol. The van der Waals surface area contributed by atoms with Gasteiger partial charge < -0.3 is 14.6 Å². The lowest BCUT2D eigenvalue weighted by atomic mass is 9.93. The van der Waals surface area contributed by atoms with Crippen LogP contribution in [0.3, 0.4) is 0 Å². The zero-order valence-corrected chi connectivity index (χ0v) is 10.8. The van der Waals surface area contributed by atoms with Crippen LogP contribution in [-0.4, -0.2) is 23.8 Å². The zero-order chi connectivity index (χ0) is 12.3. The Labute approximate surface area is 102 Å². The number of piperidine rings is 1. The molecule has 0 spiro atoms. The molecule has 1 N–H and O–H groups in total. The van der Waals surface area contributed by atoms with Crippen LogP contribution in [0.4, 0.5) is 0 Å². The highest BCUT2D eigenvalue weighted by Crippen LogP contribution is 2.28. The van der Waals surface area contributed by atoms with Crippen LogP contribution in [0.2, 0.25) is 0 Å². The summed E-state index contributed by atoms with van der Waals surface area (Å²) < 4.78 is 10.7. The van der Waals surface area contributed by atoms with E-state index in [1.54, 1.807) is 7.11 Å². The molecule has 1 aliphatic heterocycles. The molecule has 0 aromatic carbocycles. The van der Waals surface area contributed by atoms with Crippen LogP contribution in [0.5, 0.6) is 0 Å². The topological polar surface area (TPSA) is 60.2 Å². The minimum absolute atomic E-state index is 0.0635. The summed E-state index contributed by atoms with van der Waals surface area (Å²) in [5.41, 5.74) is 0. The van der Waals surface area contributed by atoms with E-state index in [4.69, 9.17) is 9.26 Å². The summed E-state index contributed by atoms with van der Waals surface area (Å²) in [6, 6.07) is 0.194. The lowest BCUT2D eigenvalue weighted by Gasteiger charge is -2.26. The number of nitrogens with zero attached hydrogens (tertiary/aromatic N) is 2. The first-order valence-corrected chi connectivity index (χ1v) is 6.36. The van der Waals surface area contributed by atoms with Crippen molar-refractivity contribution >= 4 is 0 Å². The van der Waals surface area contributed by atoms with E-state index in [-0.39, 0.29) is 12.1 Å². The molecule has 2 heterocycles. The third kappa shape index (κ3) is 2.66. The second-order valence-electron chi connectivity index (χ2n) is 4.67. The van der Waals surface area contributed by atoms with Gasteiger partial charge in [-0.15, -0.1) is 0 Å². The maximum Gasteiger partial charge on any atom is 0.244 e. The molecule has 0 amide bonds. The molecule has 3 unspecified atom stereocenters. The Morgan fingerprint density at radius 3 is 3.06 bits per heavy atom. The minimum Gasteiger partial charge on any atom is -0.373 e. The summed E-state index contributed by atoms with van der Waals surface area (Å²) in [6.07, 6.45) is 3.21. The van der Waals surface area contributed by atoms with Crippen molar-refractivity contribution in [2.75, 3.05) is 13.7 Å². The number of ether oxygens (including phenoxy) is 1. The van der Waals surface area contributed by atoms with Gasteiger partial charge in [-0.25, -0.2) is 0 Å². The van der Waals surface area contributed by atoms with Gasteiger partial charge in [0.05, 0.1) is 6.04 Å². The van der Waals surface area contributed by atoms with Crippen LogP contribution in [0.25, 0.3) is 0 Å². The van der Waals surface area contributed by atoms with Crippen LogP contribution >= 0.6 is 0 Å². The first-order valence-electron chi connectivity index (χ1n) is 6.36. The monoisotopic (exact) mass is 239 g/mol. The summed E-state index contributed by atoms with van der Waals surface area (Å²) >= 11 is 0. The van der Waals surface area contributed by atoms with Crippen molar-refractivity contribution in [1.82, 2.24) is 15.5 Å². The zero-order valence-electron chi connectivity index (χ0n) is 10.8. The molecule has 3 atom stereocenters. The first-order chi connectivity index (χ1) is 8.26. The lowest BCUT2D eigenvalue weighted by Crippen LogP contribution is -2.33. The van der Waals surface area contributed by atoms with E-state index in [2.05, 4.69) is 22.4 Å². The number of hydrogen-bond donors (Lipinski definition) is 1. The molecule has 2 rings (SSSR count). The third-order valence-corrected chi connectivity index (χ3v) is 3.44. The molecule has 1 aromatic rings. The van der Waals surface area contributed by atoms with Crippen molar-refractivity contribution in [3.05, 3.63) is 11.7 Å². The van der Waals surface area contributed by atoms with Gasteiger partial charge in [0, 0.05) is 7.11 Å². The standard InChI is InChI=1S/C12H21N3O2/c1-4-9(16-3)11-14-12(17-15-11)10-8(2)6-5-7-13-10/h8-10,13H,4-7H2,1-3H3. The van der Waals surface area contributed by atoms with Gasteiger partial charge in [0.1, 0.15) is 6.10 Å². The molecule has 0 saturated carbocycles. The molecule has 0 radical (unpaired) electrons. The van der Waals surface area contributed by atoms with Crippen LogP contribution in [0.15, 0.2) is 4.52 Å². The average Bonchev–Trinajstić information content (AvgIpc) is 2.81. The normalized spacial score (nSPS) is 27.0. The third-order valence-electron chi connectivity index (χ3n) is 3.44. The number of hydrogen-bond acceptors (Lipinski definition) is 5. The molecule has 0 aliphatic carbocycles. The number of aromatic nitrogens is 2. The van der Waals surface area contributed by atoms with Crippen molar-refractivity contribution in [1.29, 1.82) is 0 Å². The highest BCUT2D eigenvalue weighted by atomic mass is 16.5. The van der Waals surface area contributed by atoms with Gasteiger partial charge in [-0.3, -0.25) is 0 Å². The molecule has 96 valence electrons. The van der Waals surface area contributed by atoms with Crippen LogP contribution in [-0.2, 0) is 4.74 Å². The fourth-order valence-corrected chi connectivity index (χ4v) is 2.34. The molecule has 5 heteroatoms. The molecular formula is C12H21N3O2. The number of nitrogens with one attached hydrogen (secondary N) is 1. The summed E-state index contributed by atoms with van der Waals surface area (Å²) in [7, 11) is 1.67. The minimum atomic E-state index is -0.0635. The van der Waals surface area contributed by atoms with E-state index in [1.807, 2.05) is 6.92 Å². The van der Waals surface area contributed by atoms with Gasteiger partial charge in [-0.1, -0.05) is 19.0 Å². The lowest BCUT2D eigenvalue weighted by molar-refractivity contribution is 0.0903. The van der Waals surface area contributed by atoms with E-state index in [0.717, 1.165) is 13.0 Å². The highest BCUT2D eigenvalue weighted by Gasteiger charge is 2.28. The van der Waals surface area contributed by atoms with Crippen molar-refractivity contribution in [2.24, 2.45) is 5.92 Å². The van der Waals surface area contributed by atoms with Gasteiger partial charge in [0.25, 0.3) is 0 Å². The largest absolute Gasteiger partial charge is 0.373 e. The van der Waals surface area contributed by atoms with Gasteiger partial charge >= 0.3 is 0 Å². The SMILES string of the molecule is CCC(OC)c1noc(C2NCCCC2C)n1. The van der Waals surface area contributed by atoms with E-state index in [0.29, 0.717) is 17.6 Å². The van der Waals surface area contributed by atoms with E-state index >= 15 is 0 Å². The van der Waals surface area contributed by atoms with Gasteiger partial charge in [0.2, 0.25) is 11.7 Å². The Kier molecular flexibility index (Phi) is 4.12. The van der Waals surface area contributed by atoms with Crippen molar-refractivity contribution in [3.8, 4) is 0 Å². The fourth-order valence-electron chi connectivity index (χ4n) is 2.34. The maximum atomic E-state index is 5.36. The summed E-state index contributed by atoms with van der Waals surface area (Å²) in [6.45, 7) is 5.29. The van der Waals surface area contributed by atoms with Gasteiger partial charge in [0.15, 0.2) is 0 Å². The Hall–Kier alpha value is -0.940. The Balaban J connectivity index is 2.11. The predicted molar refractivity (Wildman–Crippen MR) is 63.5 cm³/mol. The van der Waals surface area contributed by atoms with Crippen LogP contribution < -0.4 is 5.32 Å². The molecular weight excluding hydrogens is 218 g/mol. The van der Waals surface area contributed by atoms with Crippen molar-refractivity contribution < 1.29 is 9.26 Å². The molecule has 5 nitrogen and oxygen atoms in total. The quantitative estimate of drug-likeness (QED) is 0.873. The van der Waals surface area contributed by atoms with Crippen LogP contribution in [0, 0.1) is 5.92 Å². The smallest absolute Gasteiger partial charge is 0.244 e. The fraction of sp³-hybridized carbons (Fsp3) is 0.833. The molecule has 1 fully saturated rings. The summed E-state index contributed by atoms with van der Waals surface area (Å²) in [5, 5.41) is 7.45. The van der Waals surface area contributed by atoms with E-state index in [1.165, 1.54) is 12.8 Å². The van der Waals surface area contributed by atoms with E-state index < -0.39 is 0 Å². The molecule has 1 aromatic heterocycles. The number of rotatable bonds is 4. The van der Waals surface area contributed by atoms with Crippen molar-refractivity contribution in [3.63, 3.8) is 0 Å². The molecule has 1 saturated heterocycles. The maximum absolute atomic E-state index is 5.36. The van der Waals surface area contributed by atoms with E-state index in [9.17, 15) is 0 Å². The number of methoxy groups -OCH3 is 1. The Bertz CT molecular complexity index is 349. The predicted octanol–water partition coefficient (Wildman–Crippen LogP) is 2.23. The Morgan fingerprint density at radius 1 is 1.59 bits per heavy atom. The second kappa shape index (κ2) is 5.60. The summed E-state index contributed by atoms with van der Waals surface area (Å²) in [5.74, 6) is 1.90. The Morgan fingerprint density at radius 2 is 2.41 bits per heavy atom.